The summed E-state index contributed by atoms with van der Waals surface area (Å²) < 4.78 is 10.2. The summed E-state index contributed by atoms with van der Waals surface area (Å²) in [5.41, 5.74) is 5.42. The summed E-state index contributed by atoms with van der Waals surface area (Å²) in [6.45, 7) is 8.56. The number of esters is 1. The number of nitrogens with one attached hydrogen (secondary N) is 2. The molecular weight excluding hydrogens is 508 g/mol. The smallest absolute Gasteiger partial charge is 0.408 e. The maximum absolute atomic E-state index is 14.0. The van der Waals surface area contributed by atoms with Crippen molar-refractivity contribution in [1.82, 2.24) is 15.5 Å². The van der Waals surface area contributed by atoms with Crippen LogP contribution >= 0.6 is 0 Å². The number of rotatable bonds is 13. The van der Waals surface area contributed by atoms with Gasteiger partial charge in [0.15, 0.2) is 0 Å². The Morgan fingerprint density at radius 3 is 2.36 bits per heavy atom. The number of alkyl carbamates (subject to hydrolysis) is 1. The Kier molecular flexibility index (Phi) is 11.1. The van der Waals surface area contributed by atoms with Gasteiger partial charge in [-0.2, -0.15) is 0 Å². The average Bonchev–Trinajstić information content (AvgIpc) is 3.65. The first kappa shape index (κ1) is 31.4. The molecule has 1 saturated carbocycles. The fourth-order valence-electron chi connectivity index (χ4n) is 3.95. The zero-order valence-corrected chi connectivity index (χ0v) is 23.2. The largest absolute Gasteiger partial charge is 0.508 e. The molecule has 0 radical (unpaired) electrons. The fourth-order valence-corrected chi connectivity index (χ4v) is 3.95. The molecule has 12 nitrogen and oxygen atoms in total. The summed E-state index contributed by atoms with van der Waals surface area (Å²) in [5, 5.41) is 15.3. The van der Waals surface area contributed by atoms with Crippen molar-refractivity contribution < 1.29 is 38.6 Å². The van der Waals surface area contributed by atoms with Crippen molar-refractivity contribution in [3.8, 4) is 5.75 Å². The van der Waals surface area contributed by atoms with Crippen LogP contribution in [0.5, 0.6) is 5.75 Å². The number of primary amides is 1. The Labute approximate surface area is 228 Å². The maximum Gasteiger partial charge on any atom is 0.408 e. The van der Waals surface area contributed by atoms with Gasteiger partial charge in [-0.1, -0.05) is 6.07 Å². The molecule has 0 bridgehead atoms. The van der Waals surface area contributed by atoms with Crippen LogP contribution in [0, 0.1) is 6.92 Å². The minimum Gasteiger partial charge on any atom is -0.508 e. The van der Waals surface area contributed by atoms with Gasteiger partial charge in [-0.05, 0) is 77.1 Å². The van der Waals surface area contributed by atoms with E-state index in [-0.39, 0.29) is 44.2 Å². The number of carbonyl (C=O) groups is 5. The number of amides is 4. The number of carbonyl (C=O) groups excluding carboxylic acids is 5. The van der Waals surface area contributed by atoms with E-state index in [2.05, 4.69) is 10.6 Å². The molecular formula is C27H40N4O8. The van der Waals surface area contributed by atoms with E-state index >= 15 is 0 Å². The summed E-state index contributed by atoms with van der Waals surface area (Å²) in [6.07, 6.45) is 0.0769. The minimum absolute atomic E-state index is 0.0147. The van der Waals surface area contributed by atoms with Gasteiger partial charge in [0.05, 0.1) is 13.0 Å². The lowest BCUT2D eigenvalue weighted by molar-refractivity contribution is -0.145. The van der Waals surface area contributed by atoms with E-state index < -0.39 is 47.5 Å². The molecule has 1 aliphatic rings. The molecule has 0 spiro atoms. The number of nitrogens with two attached hydrogens (primary N) is 1. The number of aromatic hydroxyl groups is 1. The number of hydrogen-bond donors (Lipinski definition) is 4. The number of hydrogen-bond acceptors (Lipinski definition) is 8. The summed E-state index contributed by atoms with van der Waals surface area (Å²) in [7, 11) is 0. The molecule has 0 heterocycles. The molecule has 4 amide bonds. The zero-order valence-electron chi connectivity index (χ0n) is 23.2. The molecule has 1 aromatic carbocycles. The molecule has 1 aliphatic carbocycles. The van der Waals surface area contributed by atoms with Gasteiger partial charge >= 0.3 is 12.1 Å². The topological polar surface area (TPSA) is 177 Å². The molecule has 2 rings (SSSR count). The lowest BCUT2D eigenvalue weighted by atomic mass is 9.99. The van der Waals surface area contributed by atoms with Crippen LogP contribution in [0.4, 0.5) is 4.79 Å². The first-order valence-corrected chi connectivity index (χ1v) is 13.1. The number of aryl methyl sites for hydroxylation is 1. The summed E-state index contributed by atoms with van der Waals surface area (Å²) in [4.78, 5) is 64.8. The van der Waals surface area contributed by atoms with Crippen molar-refractivity contribution in [2.45, 2.75) is 90.4 Å². The Balaban J connectivity index is 2.42. The highest BCUT2D eigenvalue weighted by Gasteiger charge is 2.44. The Bertz CT molecular complexity index is 1060. The first-order valence-electron chi connectivity index (χ1n) is 13.1. The average molecular weight is 549 g/mol. The van der Waals surface area contributed by atoms with Gasteiger partial charge in [-0.25, -0.2) is 4.79 Å². The second kappa shape index (κ2) is 13.8. The number of benzene rings is 1. The van der Waals surface area contributed by atoms with Crippen molar-refractivity contribution in [1.29, 1.82) is 0 Å². The lowest BCUT2D eigenvalue weighted by Gasteiger charge is -2.35. The van der Waals surface area contributed by atoms with E-state index in [1.807, 2.05) is 0 Å². The van der Waals surface area contributed by atoms with E-state index in [0.717, 1.165) is 0 Å². The third-order valence-corrected chi connectivity index (χ3v) is 5.86. The van der Waals surface area contributed by atoms with Crippen LogP contribution in [0.2, 0.25) is 0 Å². The molecule has 1 aromatic rings. The molecule has 2 unspecified atom stereocenters. The normalized spacial score (nSPS) is 14.5. The molecule has 12 heteroatoms. The van der Waals surface area contributed by atoms with Crippen molar-refractivity contribution in [2.24, 2.45) is 5.73 Å². The Morgan fingerprint density at radius 2 is 1.82 bits per heavy atom. The van der Waals surface area contributed by atoms with Crippen LogP contribution in [-0.2, 0) is 28.7 Å². The van der Waals surface area contributed by atoms with Crippen LogP contribution in [0.3, 0.4) is 0 Å². The van der Waals surface area contributed by atoms with Gasteiger partial charge < -0.3 is 35.8 Å². The summed E-state index contributed by atoms with van der Waals surface area (Å²) >= 11 is 0. The van der Waals surface area contributed by atoms with Crippen molar-refractivity contribution in [2.75, 3.05) is 13.2 Å². The predicted octanol–water partition coefficient (Wildman–Crippen LogP) is 1.96. The monoisotopic (exact) mass is 548 g/mol. The van der Waals surface area contributed by atoms with Crippen LogP contribution in [0.25, 0.3) is 0 Å². The van der Waals surface area contributed by atoms with Gasteiger partial charge in [0.2, 0.25) is 17.7 Å². The van der Waals surface area contributed by atoms with E-state index in [9.17, 15) is 29.1 Å². The van der Waals surface area contributed by atoms with E-state index in [1.165, 1.54) is 11.0 Å². The molecule has 0 aromatic heterocycles. The molecule has 0 aliphatic heterocycles. The third-order valence-electron chi connectivity index (χ3n) is 5.86. The van der Waals surface area contributed by atoms with Gasteiger partial charge in [0.1, 0.15) is 23.4 Å². The van der Waals surface area contributed by atoms with Gasteiger partial charge in [-0.3, -0.25) is 19.2 Å². The predicted molar refractivity (Wildman–Crippen MR) is 141 cm³/mol. The van der Waals surface area contributed by atoms with E-state index in [1.54, 1.807) is 46.8 Å². The first-order chi connectivity index (χ1) is 18.2. The molecule has 2 atom stereocenters. The molecule has 0 saturated heterocycles. The quantitative estimate of drug-likeness (QED) is 0.270. The van der Waals surface area contributed by atoms with E-state index in [0.29, 0.717) is 24.0 Å². The highest BCUT2D eigenvalue weighted by atomic mass is 16.6. The standard InChI is InChI=1S/C27H40N4O8/c1-6-38-22(34)13-14-29-24(35)23(17-7-11-20(32)16(2)15-17)31(18-8-9-18)25(36)19(10-12-21(28)33)30-26(37)39-27(3,4)5/h7,11,15,18-19,23,32H,6,8-10,12-14H2,1-5H3,(H2,28,33)(H,29,35)(H,30,37). The highest BCUT2D eigenvalue weighted by Crippen LogP contribution is 2.37. The van der Waals surface area contributed by atoms with Gasteiger partial charge in [0.25, 0.3) is 0 Å². The Morgan fingerprint density at radius 1 is 1.15 bits per heavy atom. The number of ether oxygens (including phenoxy) is 2. The molecule has 216 valence electrons. The second-order valence-electron chi connectivity index (χ2n) is 10.5. The summed E-state index contributed by atoms with van der Waals surface area (Å²) in [6, 6.07) is 1.95. The van der Waals surface area contributed by atoms with Crippen LogP contribution < -0.4 is 16.4 Å². The van der Waals surface area contributed by atoms with Gasteiger partial charge in [-0.15, -0.1) is 0 Å². The molecule has 39 heavy (non-hydrogen) atoms. The molecule has 1 fully saturated rings. The van der Waals surface area contributed by atoms with Crippen molar-refractivity contribution >= 4 is 29.8 Å². The SMILES string of the molecule is CCOC(=O)CCNC(=O)C(c1ccc(O)c(C)c1)N(C(=O)C(CCC(N)=O)NC(=O)OC(C)(C)C)C1CC1. The highest BCUT2D eigenvalue weighted by molar-refractivity contribution is 5.93. The number of nitrogens with zero attached hydrogens (tertiary/aromatic N) is 1. The maximum atomic E-state index is 14.0. The fraction of sp³-hybridized carbons (Fsp3) is 0.593. The Hall–Kier alpha value is -3.83. The minimum atomic E-state index is -1.19. The molecule has 5 N–H and O–H groups in total. The number of phenolic OH excluding ortho intramolecular Hbond substituents is 1. The van der Waals surface area contributed by atoms with Crippen molar-refractivity contribution in [3.63, 3.8) is 0 Å². The van der Waals surface area contributed by atoms with Crippen LogP contribution in [0.15, 0.2) is 18.2 Å². The van der Waals surface area contributed by atoms with E-state index in [4.69, 9.17) is 15.2 Å². The van der Waals surface area contributed by atoms with Gasteiger partial charge in [0, 0.05) is 19.0 Å². The zero-order chi connectivity index (χ0) is 29.3. The summed E-state index contributed by atoms with van der Waals surface area (Å²) in [5.74, 6) is -2.23. The van der Waals surface area contributed by atoms with Crippen LogP contribution in [-0.4, -0.2) is 70.6 Å². The van der Waals surface area contributed by atoms with Crippen LogP contribution in [0.1, 0.15) is 77.0 Å². The lowest BCUT2D eigenvalue weighted by Crippen LogP contribution is -2.54. The van der Waals surface area contributed by atoms with Crippen molar-refractivity contribution in [3.05, 3.63) is 29.3 Å². The third kappa shape index (κ3) is 10.1. The number of phenols is 1. The second-order valence-corrected chi connectivity index (χ2v) is 10.5.